The maximum Gasteiger partial charge on any atom is 0.0711 e. The van der Waals surface area contributed by atoms with Crippen molar-refractivity contribution in [1.82, 2.24) is 0 Å². The average Bonchev–Trinajstić information content (AvgIpc) is 2.04. The van der Waals surface area contributed by atoms with Crippen LogP contribution < -0.4 is 0 Å². The first-order valence-electron chi connectivity index (χ1n) is 3.58. The van der Waals surface area contributed by atoms with Gasteiger partial charge in [-0.05, 0) is 11.8 Å². The van der Waals surface area contributed by atoms with E-state index in [0.29, 0.717) is 0 Å². The van der Waals surface area contributed by atoms with Crippen LogP contribution in [0.2, 0.25) is 0 Å². The van der Waals surface area contributed by atoms with Crippen molar-refractivity contribution in [3.63, 3.8) is 0 Å². The molecule has 0 fully saturated rings. The highest BCUT2D eigenvalue weighted by atomic mass is 32.2. The first kappa shape index (κ1) is 12.4. The van der Waals surface area contributed by atoms with Crippen molar-refractivity contribution >= 4 is 16.8 Å². The maximum atomic E-state index is 4.00. The van der Waals surface area contributed by atoms with E-state index in [1.807, 2.05) is 13.8 Å². The fraction of sp³-hybridized carbons (Fsp3) is 0.625. The van der Waals surface area contributed by atoms with Gasteiger partial charge in [0.2, 0.25) is 0 Å². The van der Waals surface area contributed by atoms with Crippen LogP contribution in [0.5, 0.6) is 0 Å². The maximum absolute atomic E-state index is 4.00. The molecule has 1 nitrogen and oxygen atoms in total. The highest BCUT2D eigenvalue weighted by Gasteiger charge is 1.87. The Bertz CT molecular complexity index is 97.4. The Morgan fingerprint density at radius 2 is 2.10 bits per heavy atom. The minimum absolute atomic E-state index is 1.01. The minimum Gasteiger partial charge on any atom is -0.286 e. The Labute approximate surface area is 68.6 Å². The van der Waals surface area contributed by atoms with E-state index in [2.05, 4.69) is 18.5 Å². The Kier molecular flexibility index (Phi) is 14.4. The first-order valence-corrected chi connectivity index (χ1v) is 4.46. The van der Waals surface area contributed by atoms with Crippen LogP contribution in [0.1, 0.15) is 27.2 Å². The van der Waals surface area contributed by atoms with Gasteiger partial charge in [-0.25, -0.2) is 0 Å². The number of nitrogens with zero attached hydrogens (tertiary/aromatic N) is 1. The van der Waals surface area contributed by atoms with E-state index in [4.69, 9.17) is 0 Å². The molecular formula is C8H17NS. The average molecular weight is 159 g/mol. The normalized spacial score (nSPS) is 9.80. The SMILES string of the molecule is C=CSC(CC)=NC.CC. The quantitative estimate of drug-likeness (QED) is 0.444. The van der Waals surface area contributed by atoms with Crippen LogP contribution in [0.4, 0.5) is 0 Å². The van der Waals surface area contributed by atoms with Crippen LogP contribution in [0.25, 0.3) is 0 Å². The summed E-state index contributed by atoms with van der Waals surface area (Å²) < 4.78 is 0. The second-order valence-corrected chi connectivity index (χ2v) is 2.30. The molecule has 0 aromatic heterocycles. The van der Waals surface area contributed by atoms with Crippen molar-refractivity contribution in [2.24, 2.45) is 4.99 Å². The topological polar surface area (TPSA) is 12.4 Å². The smallest absolute Gasteiger partial charge is 0.0711 e. The monoisotopic (exact) mass is 159 g/mol. The fourth-order valence-corrected chi connectivity index (χ4v) is 0.855. The molecule has 0 spiro atoms. The first-order chi connectivity index (χ1) is 4.85. The molecule has 0 aliphatic heterocycles. The molecule has 2 heteroatoms. The molecule has 0 unspecified atom stereocenters. The third kappa shape index (κ3) is 7.76. The Hall–Kier alpha value is -0.240. The second-order valence-electron chi connectivity index (χ2n) is 1.26. The van der Waals surface area contributed by atoms with Gasteiger partial charge < -0.3 is 0 Å². The van der Waals surface area contributed by atoms with Crippen LogP contribution in [0.15, 0.2) is 17.0 Å². The van der Waals surface area contributed by atoms with E-state index in [0.717, 1.165) is 11.5 Å². The lowest BCUT2D eigenvalue weighted by atomic mass is 10.5. The van der Waals surface area contributed by atoms with Gasteiger partial charge in [-0.15, -0.1) is 0 Å². The molecule has 0 radical (unpaired) electrons. The number of aliphatic imine (C=N–C) groups is 1. The van der Waals surface area contributed by atoms with Gasteiger partial charge in [0, 0.05) is 7.05 Å². The lowest BCUT2D eigenvalue weighted by molar-refractivity contribution is 1.28. The molecule has 0 saturated carbocycles. The number of hydrogen-bond acceptors (Lipinski definition) is 2. The summed E-state index contributed by atoms with van der Waals surface area (Å²) in [7, 11) is 1.80. The molecule has 10 heavy (non-hydrogen) atoms. The summed E-state index contributed by atoms with van der Waals surface area (Å²) in [6.07, 6.45) is 1.01. The van der Waals surface area contributed by atoms with Crippen molar-refractivity contribution in [3.05, 3.63) is 12.0 Å². The Morgan fingerprint density at radius 3 is 2.20 bits per heavy atom. The summed E-state index contributed by atoms with van der Waals surface area (Å²) in [5.41, 5.74) is 0. The lowest BCUT2D eigenvalue weighted by Gasteiger charge is -1.92. The summed E-state index contributed by atoms with van der Waals surface area (Å²) in [5, 5.41) is 2.94. The highest BCUT2D eigenvalue weighted by molar-refractivity contribution is 8.16. The largest absolute Gasteiger partial charge is 0.286 e. The number of rotatable bonds is 2. The van der Waals surface area contributed by atoms with Crippen LogP contribution in [-0.2, 0) is 0 Å². The molecular weight excluding hydrogens is 142 g/mol. The highest BCUT2D eigenvalue weighted by Crippen LogP contribution is 2.06. The molecule has 0 bridgehead atoms. The summed E-state index contributed by atoms with van der Waals surface area (Å²) in [6, 6.07) is 0. The molecule has 60 valence electrons. The number of thioether (sulfide) groups is 1. The summed E-state index contributed by atoms with van der Waals surface area (Å²) >= 11 is 1.59. The molecule has 0 amide bonds. The van der Waals surface area contributed by atoms with E-state index in [1.54, 1.807) is 24.2 Å². The third-order valence-electron chi connectivity index (χ3n) is 0.771. The van der Waals surface area contributed by atoms with Crippen LogP contribution in [0, 0.1) is 0 Å². The van der Waals surface area contributed by atoms with E-state index >= 15 is 0 Å². The zero-order valence-electron chi connectivity index (χ0n) is 7.35. The second kappa shape index (κ2) is 11.5. The zero-order chi connectivity index (χ0) is 8.41. The van der Waals surface area contributed by atoms with Crippen molar-refractivity contribution in [2.45, 2.75) is 27.2 Å². The van der Waals surface area contributed by atoms with Gasteiger partial charge in [0.25, 0.3) is 0 Å². The molecule has 0 atom stereocenters. The summed E-state index contributed by atoms with van der Waals surface area (Å²) in [4.78, 5) is 4.00. The van der Waals surface area contributed by atoms with E-state index in [1.165, 1.54) is 0 Å². The van der Waals surface area contributed by atoms with Crippen molar-refractivity contribution in [3.8, 4) is 0 Å². The van der Waals surface area contributed by atoms with E-state index in [-0.39, 0.29) is 0 Å². The van der Waals surface area contributed by atoms with Crippen molar-refractivity contribution < 1.29 is 0 Å². The van der Waals surface area contributed by atoms with Crippen molar-refractivity contribution in [2.75, 3.05) is 7.05 Å². The molecule has 0 heterocycles. The van der Waals surface area contributed by atoms with Gasteiger partial charge in [0.15, 0.2) is 0 Å². The van der Waals surface area contributed by atoms with Gasteiger partial charge >= 0.3 is 0 Å². The van der Waals surface area contributed by atoms with Gasteiger partial charge in [-0.1, -0.05) is 39.1 Å². The lowest BCUT2D eigenvalue weighted by Crippen LogP contribution is -1.83. The molecule has 0 aliphatic carbocycles. The van der Waals surface area contributed by atoms with Crippen LogP contribution in [-0.4, -0.2) is 12.1 Å². The molecule has 0 aliphatic rings. The Balaban J connectivity index is 0. The molecule has 0 aromatic carbocycles. The van der Waals surface area contributed by atoms with Gasteiger partial charge in [-0.3, -0.25) is 4.99 Å². The van der Waals surface area contributed by atoms with Gasteiger partial charge in [-0.2, -0.15) is 0 Å². The number of hydrogen-bond donors (Lipinski definition) is 0. The zero-order valence-corrected chi connectivity index (χ0v) is 8.16. The summed E-state index contributed by atoms with van der Waals surface area (Å²) in [6.45, 7) is 9.66. The van der Waals surface area contributed by atoms with Crippen LogP contribution >= 0.6 is 11.8 Å². The van der Waals surface area contributed by atoms with Gasteiger partial charge in [0.05, 0.1) is 5.04 Å². The van der Waals surface area contributed by atoms with Crippen LogP contribution in [0.3, 0.4) is 0 Å². The summed E-state index contributed by atoms with van der Waals surface area (Å²) in [5.74, 6) is 0. The standard InChI is InChI=1S/C6H11NS.C2H6/c1-4-6(7-3)8-5-2;1-2/h5H,2,4H2,1,3H3;1-2H3. The van der Waals surface area contributed by atoms with Gasteiger partial charge in [0.1, 0.15) is 0 Å². The van der Waals surface area contributed by atoms with E-state index in [9.17, 15) is 0 Å². The predicted molar refractivity (Wildman–Crippen MR) is 52.8 cm³/mol. The Morgan fingerprint density at radius 1 is 1.60 bits per heavy atom. The van der Waals surface area contributed by atoms with E-state index < -0.39 is 0 Å². The minimum atomic E-state index is 1.01. The molecule has 0 N–H and O–H groups in total. The molecule has 0 aromatic rings. The van der Waals surface area contributed by atoms with Crippen molar-refractivity contribution in [1.29, 1.82) is 0 Å². The predicted octanol–water partition coefficient (Wildman–Crippen LogP) is 3.33. The third-order valence-corrected chi connectivity index (χ3v) is 1.68. The molecule has 0 saturated heterocycles. The fourth-order valence-electron chi connectivity index (χ4n) is 0.390. The molecule has 0 rings (SSSR count).